The first-order chi connectivity index (χ1) is 6.74. The minimum Gasteiger partial charge on any atom is -0.465 e. The number of hydrogen-bond acceptors (Lipinski definition) is 2. The van der Waals surface area contributed by atoms with E-state index in [9.17, 15) is 4.79 Å². The van der Waals surface area contributed by atoms with Crippen LogP contribution in [0.2, 0.25) is 0 Å². The van der Waals surface area contributed by atoms with Crippen LogP contribution in [0, 0.1) is 5.92 Å². The second kappa shape index (κ2) is 9.50. The summed E-state index contributed by atoms with van der Waals surface area (Å²) in [6, 6.07) is 0. The summed E-state index contributed by atoms with van der Waals surface area (Å²) in [6.07, 6.45) is 5.20. The van der Waals surface area contributed by atoms with Crippen molar-refractivity contribution in [2.75, 3.05) is 11.9 Å². The third-order valence-corrected chi connectivity index (χ3v) is 2.72. The van der Waals surface area contributed by atoms with Crippen molar-refractivity contribution in [3.8, 4) is 0 Å². The number of carbonyl (C=O) groups is 1. The fourth-order valence-electron chi connectivity index (χ4n) is 1.26. The van der Waals surface area contributed by atoms with Crippen LogP contribution >= 0.6 is 15.9 Å². The minimum absolute atomic E-state index is 0.0863. The topological polar surface area (TPSA) is 26.3 Å². The van der Waals surface area contributed by atoms with Crippen LogP contribution in [0.25, 0.3) is 0 Å². The van der Waals surface area contributed by atoms with Gasteiger partial charge in [0.25, 0.3) is 0 Å². The largest absolute Gasteiger partial charge is 0.465 e. The Morgan fingerprint density at radius 1 is 1.43 bits per heavy atom. The first-order valence-electron chi connectivity index (χ1n) is 5.46. The summed E-state index contributed by atoms with van der Waals surface area (Å²) in [5, 5.41) is 0.692. The van der Waals surface area contributed by atoms with E-state index in [1.807, 2.05) is 0 Å². The van der Waals surface area contributed by atoms with Gasteiger partial charge in [-0.25, -0.2) is 0 Å². The molecule has 0 aromatic heterocycles. The van der Waals surface area contributed by atoms with E-state index < -0.39 is 0 Å². The van der Waals surface area contributed by atoms with Crippen molar-refractivity contribution < 1.29 is 9.53 Å². The lowest BCUT2D eigenvalue weighted by Gasteiger charge is -2.14. The van der Waals surface area contributed by atoms with Crippen LogP contribution in [0.5, 0.6) is 0 Å². The molecule has 0 aromatic rings. The summed E-state index contributed by atoms with van der Waals surface area (Å²) in [5.74, 6) is 0.464. The molecule has 0 aliphatic carbocycles. The third-order valence-electron chi connectivity index (χ3n) is 2.32. The molecule has 0 aliphatic rings. The average molecular weight is 265 g/mol. The molecule has 84 valence electrons. The molecule has 0 rings (SSSR count). The summed E-state index contributed by atoms with van der Waals surface area (Å²) >= 11 is 3.22. The van der Waals surface area contributed by atoms with Crippen LogP contribution in [-0.4, -0.2) is 17.9 Å². The van der Waals surface area contributed by atoms with Crippen molar-refractivity contribution in [2.24, 2.45) is 5.92 Å². The highest BCUT2D eigenvalue weighted by Gasteiger charge is 2.09. The molecule has 0 saturated carbocycles. The fourth-order valence-corrected chi connectivity index (χ4v) is 1.58. The smallest absolute Gasteiger partial charge is 0.306 e. The molecule has 3 heteroatoms. The highest BCUT2D eigenvalue weighted by atomic mass is 79.9. The maximum Gasteiger partial charge on any atom is 0.306 e. The summed E-state index contributed by atoms with van der Waals surface area (Å²) in [5.41, 5.74) is 0. The zero-order chi connectivity index (χ0) is 10.8. The number of carbonyl (C=O) groups excluding carboxylic acids is 1. The van der Waals surface area contributed by atoms with Gasteiger partial charge in [-0.05, 0) is 12.3 Å². The molecule has 0 N–H and O–H groups in total. The van der Waals surface area contributed by atoms with Crippen molar-refractivity contribution in [3.05, 3.63) is 0 Å². The van der Waals surface area contributed by atoms with Crippen LogP contribution in [0.4, 0.5) is 0 Å². The summed E-state index contributed by atoms with van der Waals surface area (Å²) in [6.45, 7) is 4.94. The van der Waals surface area contributed by atoms with Crippen molar-refractivity contribution in [2.45, 2.75) is 46.0 Å². The number of halogens is 1. The van der Waals surface area contributed by atoms with Gasteiger partial charge in [-0.15, -0.1) is 0 Å². The molecule has 0 bridgehead atoms. The Morgan fingerprint density at radius 3 is 2.64 bits per heavy atom. The van der Waals surface area contributed by atoms with Gasteiger partial charge in [-0.1, -0.05) is 49.0 Å². The number of hydrogen-bond donors (Lipinski definition) is 0. The van der Waals surface area contributed by atoms with Gasteiger partial charge in [0.1, 0.15) is 0 Å². The van der Waals surface area contributed by atoms with Gasteiger partial charge in [-0.3, -0.25) is 4.79 Å². The molecule has 0 fully saturated rings. The molecule has 0 aliphatic heterocycles. The molecular weight excluding hydrogens is 244 g/mol. The van der Waals surface area contributed by atoms with Crippen molar-refractivity contribution in [1.82, 2.24) is 0 Å². The Bertz CT molecular complexity index is 148. The van der Waals surface area contributed by atoms with E-state index in [0.29, 0.717) is 24.3 Å². The molecule has 0 amide bonds. The Hall–Kier alpha value is -0.0500. The Kier molecular flexibility index (Phi) is 9.47. The van der Waals surface area contributed by atoms with Crippen LogP contribution in [0.1, 0.15) is 46.0 Å². The van der Waals surface area contributed by atoms with Crippen LogP contribution in [0.15, 0.2) is 0 Å². The van der Waals surface area contributed by atoms with Crippen LogP contribution < -0.4 is 0 Å². The molecule has 14 heavy (non-hydrogen) atoms. The number of esters is 1. The predicted molar refractivity (Wildman–Crippen MR) is 62.7 cm³/mol. The molecule has 1 atom stereocenters. The fraction of sp³-hybridized carbons (Fsp3) is 0.909. The minimum atomic E-state index is -0.0863. The Balaban J connectivity index is 3.55. The van der Waals surface area contributed by atoms with Crippen LogP contribution in [0.3, 0.4) is 0 Å². The number of rotatable bonds is 8. The SMILES string of the molecule is CCCCC(CC)COC(=O)CCBr. The first kappa shape index (κ1) is 13.9. The van der Waals surface area contributed by atoms with E-state index in [1.165, 1.54) is 19.3 Å². The lowest BCUT2D eigenvalue weighted by Crippen LogP contribution is -2.13. The molecule has 1 unspecified atom stereocenters. The normalized spacial score (nSPS) is 12.5. The number of alkyl halides is 1. The maximum atomic E-state index is 11.1. The average Bonchev–Trinajstić information content (AvgIpc) is 2.19. The zero-order valence-electron chi connectivity index (χ0n) is 9.22. The molecular formula is C11H21BrO2. The van der Waals surface area contributed by atoms with Gasteiger partial charge in [0.2, 0.25) is 0 Å². The lowest BCUT2D eigenvalue weighted by molar-refractivity contribution is -0.144. The van der Waals surface area contributed by atoms with Crippen LogP contribution in [-0.2, 0) is 9.53 Å². The van der Waals surface area contributed by atoms with Gasteiger partial charge in [-0.2, -0.15) is 0 Å². The molecule has 0 saturated heterocycles. The van der Waals surface area contributed by atoms with Gasteiger partial charge >= 0.3 is 5.97 Å². The van der Waals surface area contributed by atoms with E-state index >= 15 is 0 Å². The second-order valence-electron chi connectivity index (χ2n) is 3.54. The molecule has 0 radical (unpaired) electrons. The monoisotopic (exact) mass is 264 g/mol. The summed E-state index contributed by atoms with van der Waals surface area (Å²) in [7, 11) is 0. The Morgan fingerprint density at radius 2 is 2.14 bits per heavy atom. The highest BCUT2D eigenvalue weighted by molar-refractivity contribution is 9.09. The van der Waals surface area contributed by atoms with E-state index in [1.54, 1.807) is 0 Å². The van der Waals surface area contributed by atoms with E-state index in [-0.39, 0.29) is 5.97 Å². The molecule has 0 aromatic carbocycles. The molecule has 0 heterocycles. The van der Waals surface area contributed by atoms with Gasteiger partial charge in [0.15, 0.2) is 0 Å². The standard InChI is InChI=1S/C11H21BrO2/c1-3-5-6-10(4-2)9-14-11(13)7-8-12/h10H,3-9H2,1-2H3. The van der Waals surface area contributed by atoms with E-state index in [4.69, 9.17) is 4.74 Å². The van der Waals surface area contributed by atoms with Crippen molar-refractivity contribution in [1.29, 1.82) is 0 Å². The van der Waals surface area contributed by atoms with Gasteiger partial charge < -0.3 is 4.74 Å². The highest BCUT2D eigenvalue weighted by Crippen LogP contribution is 2.13. The molecule has 2 nitrogen and oxygen atoms in total. The molecule has 0 spiro atoms. The maximum absolute atomic E-state index is 11.1. The predicted octanol–water partition coefficient (Wildman–Crippen LogP) is 3.53. The third kappa shape index (κ3) is 7.36. The van der Waals surface area contributed by atoms with Gasteiger partial charge in [0, 0.05) is 5.33 Å². The first-order valence-corrected chi connectivity index (χ1v) is 6.58. The van der Waals surface area contributed by atoms with E-state index in [0.717, 1.165) is 6.42 Å². The number of ether oxygens (including phenoxy) is 1. The lowest BCUT2D eigenvalue weighted by atomic mass is 10.0. The summed E-state index contributed by atoms with van der Waals surface area (Å²) < 4.78 is 5.16. The summed E-state index contributed by atoms with van der Waals surface area (Å²) in [4.78, 5) is 11.1. The quantitative estimate of drug-likeness (QED) is 0.495. The van der Waals surface area contributed by atoms with Crippen molar-refractivity contribution in [3.63, 3.8) is 0 Å². The second-order valence-corrected chi connectivity index (χ2v) is 4.33. The van der Waals surface area contributed by atoms with Crippen molar-refractivity contribution >= 4 is 21.9 Å². The van der Waals surface area contributed by atoms with Gasteiger partial charge in [0.05, 0.1) is 13.0 Å². The van der Waals surface area contributed by atoms with E-state index in [2.05, 4.69) is 29.8 Å². The Labute approximate surface area is 95.5 Å². The number of unbranched alkanes of at least 4 members (excludes halogenated alkanes) is 1. The zero-order valence-corrected chi connectivity index (χ0v) is 10.8.